The molecule has 0 saturated carbocycles. The number of carboxylic acids is 1. The van der Waals surface area contributed by atoms with Crippen LogP contribution in [0.25, 0.3) is 0 Å². The van der Waals surface area contributed by atoms with Crippen molar-refractivity contribution in [2.45, 2.75) is 31.5 Å². The van der Waals surface area contributed by atoms with Gasteiger partial charge >= 0.3 is 5.97 Å². The lowest BCUT2D eigenvalue weighted by molar-refractivity contribution is -0.143. The summed E-state index contributed by atoms with van der Waals surface area (Å²) in [6.45, 7) is 0.815. The van der Waals surface area contributed by atoms with Crippen LogP contribution in [0.4, 0.5) is 0 Å². The quantitative estimate of drug-likeness (QED) is 0.107. The lowest BCUT2D eigenvalue weighted by Gasteiger charge is -2.19. The number of carbonyl (C=O) groups is 5. The first-order valence-electron chi connectivity index (χ1n) is 11.1. The monoisotopic (exact) mass is 526 g/mol. The first-order chi connectivity index (χ1) is 18.0. The number of aliphatic hydroxyl groups excluding tert-OH is 1. The maximum absolute atomic E-state index is 12.3. The molecule has 0 aromatic heterocycles. The van der Waals surface area contributed by atoms with Crippen molar-refractivity contribution in [2.75, 3.05) is 6.61 Å². The van der Waals surface area contributed by atoms with Crippen molar-refractivity contribution in [1.82, 2.24) is 16.1 Å². The van der Waals surface area contributed by atoms with Crippen molar-refractivity contribution in [2.24, 2.45) is 5.73 Å². The second-order valence-electron chi connectivity index (χ2n) is 7.94. The number of primary amides is 1. The van der Waals surface area contributed by atoms with Gasteiger partial charge in [0.2, 0.25) is 5.91 Å². The van der Waals surface area contributed by atoms with E-state index in [0.29, 0.717) is 16.9 Å². The van der Waals surface area contributed by atoms with E-state index in [1.807, 2.05) is 0 Å². The van der Waals surface area contributed by atoms with Gasteiger partial charge in [0.1, 0.15) is 17.8 Å². The molecule has 3 atom stereocenters. The molecule has 0 spiro atoms. The number of amides is 4. The minimum Gasteiger partial charge on any atom is -0.484 e. The molecule has 4 amide bonds. The molecule has 0 aliphatic carbocycles. The molecule has 13 nitrogen and oxygen atoms in total. The summed E-state index contributed by atoms with van der Waals surface area (Å²) in [4.78, 5) is 57.7. The number of carboxylic acid groups (broad SMARTS) is 1. The molecule has 0 bridgehead atoms. The Bertz CT molecular complexity index is 1230. The molecule has 0 aliphatic heterocycles. The number of hydrogen-bond donors (Lipinski definition) is 7. The predicted octanol–water partition coefficient (Wildman–Crippen LogP) is -1.11. The Balaban J connectivity index is 1.93. The fourth-order valence-electron chi connectivity index (χ4n) is 2.97. The van der Waals surface area contributed by atoms with Crippen molar-refractivity contribution in [3.05, 3.63) is 65.2 Å². The highest BCUT2D eigenvalue weighted by molar-refractivity contribution is 5.97. The second kappa shape index (κ2) is 14.0. The number of carbonyl (C=O) groups excluding carboxylic acids is 4. The number of rotatable bonds is 11. The first-order valence-corrected chi connectivity index (χ1v) is 11.1. The Morgan fingerprint density at radius 1 is 0.947 bits per heavy atom. The van der Waals surface area contributed by atoms with Gasteiger partial charge in [-0.2, -0.15) is 0 Å². The lowest BCUT2D eigenvalue weighted by atomic mass is 10.1. The van der Waals surface area contributed by atoms with Crippen LogP contribution in [-0.4, -0.2) is 69.8 Å². The molecule has 38 heavy (non-hydrogen) atoms. The van der Waals surface area contributed by atoms with Crippen LogP contribution in [0.15, 0.2) is 48.5 Å². The van der Waals surface area contributed by atoms with Crippen LogP contribution in [0.2, 0.25) is 0 Å². The third-order valence-electron chi connectivity index (χ3n) is 4.92. The fourth-order valence-corrected chi connectivity index (χ4v) is 2.97. The highest BCUT2D eigenvalue weighted by Crippen LogP contribution is 2.12. The summed E-state index contributed by atoms with van der Waals surface area (Å²) < 4.78 is 5.31. The molecule has 0 fully saturated rings. The summed E-state index contributed by atoms with van der Waals surface area (Å²) in [5.41, 5.74) is 7.76. The van der Waals surface area contributed by atoms with Crippen molar-refractivity contribution in [3.8, 4) is 17.6 Å². The zero-order chi connectivity index (χ0) is 28.2. The average molecular weight is 527 g/mol. The van der Waals surface area contributed by atoms with Crippen LogP contribution in [0.5, 0.6) is 5.75 Å². The molecule has 8 N–H and O–H groups in total. The SMILES string of the molecule is C[C@@H](O)[C@H](NC(=O)c1ccc(C#Cc2ccc(OCC(=O)NC(CC(N)=O)C(=O)O)cc2)cc1)C(=O)NO. The summed E-state index contributed by atoms with van der Waals surface area (Å²) in [6, 6.07) is 9.75. The first kappa shape index (κ1) is 29.3. The van der Waals surface area contributed by atoms with Gasteiger partial charge < -0.3 is 31.3 Å². The van der Waals surface area contributed by atoms with Crippen LogP contribution in [0.3, 0.4) is 0 Å². The van der Waals surface area contributed by atoms with Crippen LogP contribution < -0.4 is 26.6 Å². The number of nitrogens with two attached hydrogens (primary N) is 1. The van der Waals surface area contributed by atoms with E-state index in [-0.39, 0.29) is 5.56 Å². The molecule has 0 radical (unpaired) electrons. The highest BCUT2D eigenvalue weighted by atomic mass is 16.5. The second-order valence-corrected chi connectivity index (χ2v) is 7.94. The lowest BCUT2D eigenvalue weighted by Crippen LogP contribution is -2.51. The van der Waals surface area contributed by atoms with E-state index in [1.54, 1.807) is 36.4 Å². The number of aliphatic hydroxyl groups is 1. The minimum absolute atomic E-state index is 0.210. The number of hydroxylamine groups is 1. The Morgan fingerprint density at radius 3 is 1.97 bits per heavy atom. The van der Waals surface area contributed by atoms with E-state index in [0.717, 1.165) is 0 Å². The molecular formula is C25H26N4O9. The van der Waals surface area contributed by atoms with Crippen molar-refractivity contribution in [1.29, 1.82) is 0 Å². The molecule has 0 heterocycles. The molecule has 200 valence electrons. The van der Waals surface area contributed by atoms with E-state index >= 15 is 0 Å². The number of aliphatic carboxylic acids is 1. The predicted molar refractivity (Wildman–Crippen MR) is 131 cm³/mol. The number of hydrogen-bond acceptors (Lipinski definition) is 8. The van der Waals surface area contributed by atoms with Gasteiger partial charge in [-0.3, -0.25) is 24.4 Å². The fraction of sp³-hybridized carbons (Fsp3) is 0.240. The van der Waals surface area contributed by atoms with Gasteiger partial charge in [0.15, 0.2) is 6.61 Å². The zero-order valence-corrected chi connectivity index (χ0v) is 20.1. The maximum atomic E-state index is 12.3. The van der Waals surface area contributed by atoms with Crippen molar-refractivity contribution >= 4 is 29.6 Å². The summed E-state index contributed by atoms with van der Waals surface area (Å²) in [7, 11) is 0. The normalized spacial score (nSPS) is 12.5. The smallest absolute Gasteiger partial charge is 0.326 e. The van der Waals surface area contributed by atoms with E-state index in [4.69, 9.17) is 20.8 Å². The van der Waals surface area contributed by atoms with Gasteiger partial charge in [-0.05, 0) is 55.5 Å². The molecule has 2 aromatic rings. The Kier molecular flexibility index (Phi) is 10.8. The zero-order valence-electron chi connectivity index (χ0n) is 20.1. The van der Waals surface area contributed by atoms with Crippen LogP contribution >= 0.6 is 0 Å². The largest absolute Gasteiger partial charge is 0.484 e. The van der Waals surface area contributed by atoms with Gasteiger partial charge in [0, 0.05) is 16.7 Å². The van der Waals surface area contributed by atoms with Crippen molar-refractivity contribution < 1.29 is 44.1 Å². The van der Waals surface area contributed by atoms with Crippen LogP contribution in [-0.2, 0) is 19.2 Å². The van der Waals surface area contributed by atoms with Crippen molar-refractivity contribution in [3.63, 3.8) is 0 Å². The molecular weight excluding hydrogens is 500 g/mol. The van der Waals surface area contributed by atoms with Gasteiger partial charge in [-0.1, -0.05) is 11.8 Å². The summed E-state index contributed by atoms with van der Waals surface area (Å²) in [6.07, 6.45) is -1.78. The Labute approximate surface area is 216 Å². The topological polar surface area (TPSA) is 217 Å². The molecule has 1 unspecified atom stereocenters. The average Bonchev–Trinajstić information content (AvgIpc) is 2.88. The van der Waals surface area contributed by atoms with E-state index in [1.165, 1.54) is 24.5 Å². The van der Waals surface area contributed by atoms with Gasteiger partial charge in [0.05, 0.1) is 12.5 Å². The van der Waals surface area contributed by atoms with Crippen LogP contribution in [0, 0.1) is 11.8 Å². The third-order valence-corrected chi connectivity index (χ3v) is 4.92. The third kappa shape index (κ3) is 9.26. The molecule has 13 heteroatoms. The van der Waals surface area contributed by atoms with E-state index in [2.05, 4.69) is 22.5 Å². The van der Waals surface area contributed by atoms with E-state index in [9.17, 15) is 29.1 Å². The summed E-state index contributed by atoms with van der Waals surface area (Å²) in [5.74, 6) is 1.57. The molecule has 2 aromatic carbocycles. The number of nitrogens with one attached hydrogen (secondary N) is 3. The maximum Gasteiger partial charge on any atom is 0.326 e. The number of ether oxygens (including phenoxy) is 1. The van der Waals surface area contributed by atoms with Gasteiger partial charge in [-0.25, -0.2) is 10.3 Å². The standard InChI is InChI=1S/C25H26N4O9/c1-14(30)22(24(34)29-37)28-23(33)17-8-4-15(5-9-17)2-3-16-6-10-18(11-7-16)38-13-21(32)27-19(25(35)36)12-20(26)31/h4-11,14,19,22,30,37H,12-13H2,1H3,(H2,26,31)(H,27,32)(H,28,33)(H,29,34)(H,35,36)/t14-,19?,22+/m1/s1. The highest BCUT2D eigenvalue weighted by Gasteiger charge is 2.25. The Hall–Kier alpha value is -4.93. The molecule has 0 saturated heterocycles. The summed E-state index contributed by atoms with van der Waals surface area (Å²) >= 11 is 0. The van der Waals surface area contributed by atoms with Gasteiger partial charge in [-0.15, -0.1) is 0 Å². The number of benzene rings is 2. The Morgan fingerprint density at radius 2 is 1.50 bits per heavy atom. The minimum atomic E-state index is -1.45. The molecule has 0 aliphatic rings. The van der Waals surface area contributed by atoms with Gasteiger partial charge in [0.25, 0.3) is 17.7 Å². The van der Waals surface area contributed by atoms with Crippen LogP contribution in [0.1, 0.15) is 34.8 Å². The molecule has 2 rings (SSSR count). The summed E-state index contributed by atoms with van der Waals surface area (Å²) in [5, 5.41) is 31.8. The van der Waals surface area contributed by atoms with E-state index < -0.39 is 60.8 Å².